The third-order valence-electron chi connectivity index (χ3n) is 16.8. The van der Waals surface area contributed by atoms with Crippen LogP contribution in [-0.2, 0) is 28.5 Å². The zero-order chi connectivity index (χ0) is 36.7. The average molecular weight is 703 g/mol. The molecule has 8 aliphatic carbocycles. The fourth-order valence-electron chi connectivity index (χ4n) is 14.4. The molecular weight excluding hydrogens is 648 g/mol. The second-order valence-electron chi connectivity index (χ2n) is 19.8. The first-order chi connectivity index (χ1) is 23.7. The van der Waals surface area contributed by atoms with Gasteiger partial charge in [-0.05, 0) is 103 Å². The molecule has 0 aromatic heterocycles. The van der Waals surface area contributed by atoms with Gasteiger partial charge < -0.3 is 24.1 Å². The third kappa shape index (κ3) is 3.68. The molecule has 51 heavy (non-hydrogen) atoms. The van der Waals surface area contributed by atoms with Crippen molar-refractivity contribution in [2.45, 2.75) is 124 Å². The van der Waals surface area contributed by atoms with E-state index >= 15 is 0 Å². The van der Waals surface area contributed by atoms with Crippen molar-refractivity contribution in [3.63, 3.8) is 0 Å². The largest absolute Gasteiger partial charge is 0.509 e. The fourth-order valence-corrected chi connectivity index (χ4v) is 14.4. The van der Waals surface area contributed by atoms with E-state index in [9.17, 15) is 24.3 Å². The minimum atomic E-state index is -0.999. The van der Waals surface area contributed by atoms with E-state index in [0.29, 0.717) is 30.6 Å². The summed E-state index contributed by atoms with van der Waals surface area (Å²) in [5.74, 6) is 1.47. The Hall–Kier alpha value is -2.94. The van der Waals surface area contributed by atoms with Crippen LogP contribution in [0.1, 0.15) is 94.9 Å². The lowest BCUT2D eigenvalue weighted by Crippen LogP contribution is -2.58. The monoisotopic (exact) mass is 702 g/mol. The molecule has 9 heteroatoms. The van der Waals surface area contributed by atoms with Crippen molar-refractivity contribution in [1.29, 1.82) is 0 Å². The molecule has 0 aromatic carbocycles. The smallest absolute Gasteiger partial charge is 0.422 e. The molecule has 2 heterocycles. The number of hydrogen-bond donors (Lipinski definition) is 1. The minimum Gasteiger partial charge on any atom is -0.422 e. The van der Waals surface area contributed by atoms with Gasteiger partial charge in [0.25, 0.3) is 0 Å². The van der Waals surface area contributed by atoms with Crippen LogP contribution < -0.4 is 0 Å². The number of aliphatic hydroxyl groups excluding tert-OH is 1. The van der Waals surface area contributed by atoms with Gasteiger partial charge in [0, 0.05) is 18.3 Å². The molecule has 0 unspecified atom stereocenters. The molecular formula is C42H54O9. The maximum absolute atomic E-state index is 14.1. The molecule has 5 saturated carbocycles. The van der Waals surface area contributed by atoms with Crippen molar-refractivity contribution in [3.8, 4) is 0 Å². The summed E-state index contributed by atoms with van der Waals surface area (Å²) >= 11 is 0. The van der Waals surface area contributed by atoms with Crippen LogP contribution in [0.3, 0.4) is 0 Å². The van der Waals surface area contributed by atoms with E-state index in [2.05, 4.69) is 60.6 Å². The van der Waals surface area contributed by atoms with Crippen LogP contribution in [0.2, 0.25) is 0 Å². The van der Waals surface area contributed by atoms with Gasteiger partial charge in [-0.1, -0.05) is 72.3 Å². The van der Waals surface area contributed by atoms with Gasteiger partial charge in [0.15, 0.2) is 35.0 Å². The molecule has 2 aliphatic heterocycles. The first-order valence-electron chi connectivity index (χ1n) is 19.3. The Balaban J connectivity index is 0.000000137. The molecule has 9 nitrogen and oxygen atoms in total. The molecule has 7 fully saturated rings. The summed E-state index contributed by atoms with van der Waals surface area (Å²) in [4.78, 5) is 52.3. The molecule has 276 valence electrons. The summed E-state index contributed by atoms with van der Waals surface area (Å²) in [6.07, 6.45) is 6.31. The highest BCUT2D eigenvalue weighted by Gasteiger charge is 2.80. The molecule has 0 amide bonds. The van der Waals surface area contributed by atoms with Crippen LogP contribution in [0.5, 0.6) is 0 Å². The van der Waals surface area contributed by atoms with Gasteiger partial charge in [-0.2, -0.15) is 0 Å². The lowest BCUT2D eigenvalue weighted by Gasteiger charge is -2.45. The normalized spacial score (nSPS) is 54.1. The summed E-state index contributed by atoms with van der Waals surface area (Å²) in [5.41, 5.74) is -0.214. The maximum atomic E-state index is 14.1. The van der Waals surface area contributed by atoms with Crippen LogP contribution >= 0.6 is 0 Å². The summed E-state index contributed by atoms with van der Waals surface area (Å²) in [6.45, 7) is 21.3. The highest BCUT2D eigenvalue weighted by Crippen LogP contribution is 2.75. The minimum absolute atomic E-state index is 0.0428. The number of ether oxygens (including phenoxy) is 4. The van der Waals surface area contributed by atoms with E-state index in [1.165, 1.54) is 0 Å². The van der Waals surface area contributed by atoms with E-state index in [-0.39, 0.29) is 52.0 Å². The van der Waals surface area contributed by atoms with Gasteiger partial charge in [-0.15, -0.1) is 0 Å². The Morgan fingerprint density at radius 3 is 1.78 bits per heavy atom. The van der Waals surface area contributed by atoms with Crippen LogP contribution in [0.25, 0.3) is 0 Å². The number of aliphatic hydroxyl groups is 1. The zero-order valence-corrected chi connectivity index (χ0v) is 31.7. The SMILES string of the molecule is CC1=C[C@@H]2C(=O)[C@]3(C=C(C)[C@@H]4OC(=O)O[C@@]43C1)[C@H](C)C[C@@H]1[C@H]2C1(C)C.CC1=C[C@]23C(=O)[C@@H]([C@H](O)[C@H](C)C[C@@]24OC(=O)O[C@@H]14)[C@H]1[C@@H](C[C@H]3C)C1(C)C. The van der Waals surface area contributed by atoms with Crippen LogP contribution in [0.4, 0.5) is 9.59 Å². The van der Waals surface area contributed by atoms with E-state index in [1.807, 2.05) is 26.8 Å². The molecule has 0 radical (unpaired) electrons. The molecule has 4 bridgehead atoms. The van der Waals surface area contributed by atoms with Gasteiger partial charge in [0.2, 0.25) is 0 Å². The van der Waals surface area contributed by atoms with Gasteiger partial charge in [0.05, 0.1) is 16.9 Å². The van der Waals surface area contributed by atoms with E-state index in [0.717, 1.165) is 29.6 Å². The van der Waals surface area contributed by atoms with E-state index in [1.54, 1.807) is 0 Å². The number of Topliss-reactive ketones (excluding diaryl/α,β-unsaturated/α-hetero) is 2. The highest BCUT2D eigenvalue weighted by atomic mass is 16.8. The first kappa shape index (κ1) is 33.9. The molecule has 2 saturated heterocycles. The zero-order valence-electron chi connectivity index (χ0n) is 31.7. The van der Waals surface area contributed by atoms with E-state index in [4.69, 9.17) is 18.9 Å². The van der Waals surface area contributed by atoms with Crippen LogP contribution in [0, 0.1) is 74.9 Å². The Bertz CT molecular complexity index is 1780. The van der Waals surface area contributed by atoms with Crippen LogP contribution in [0.15, 0.2) is 34.9 Å². The molecule has 10 aliphatic rings. The number of hydrogen-bond acceptors (Lipinski definition) is 9. The van der Waals surface area contributed by atoms with Gasteiger partial charge in [-0.3, -0.25) is 9.59 Å². The number of rotatable bonds is 0. The van der Waals surface area contributed by atoms with Gasteiger partial charge in [-0.25, -0.2) is 9.59 Å². The molecule has 0 aromatic rings. The molecule has 10 rings (SSSR count). The molecule has 4 spiro atoms. The Labute approximate surface area is 300 Å². The second-order valence-corrected chi connectivity index (χ2v) is 19.8. The average Bonchev–Trinajstić information content (AvgIpc) is 3.47. The van der Waals surface area contributed by atoms with Crippen molar-refractivity contribution < 1.29 is 43.2 Å². The number of carbonyl (C=O) groups is 4. The van der Waals surface area contributed by atoms with Crippen molar-refractivity contribution in [3.05, 3.63) is 34.9 Å². The maximum Gasteiger partial charge on any atom is 0.509 e. The van der Waals surface area contributed by atoms with Crippen molar-refractivity contribution in [2.24, 2.45) is 74.9 Å². The topological polar surface area (TPSA) is 125 Å². The number of allylic oxidation sites excluding steroid dienone is 1. The van der Waals surface area contributed by atoms with Gasteiger partial charge in [0.1, 0.15) is 0 Å². The quantitative estimate of drug-likeness (QED) is 0.207. The Kier molecular flexibility index (Phi) is 6.49. The van der Waals surface area contributed by atoms with Crippen molar-refractivity contribution >= 4 is 23.9 Å². The standard InChI is InChI=1S/C21H28O5.C21H26O4/c1-9-8-21-17(25-18(24)26-21)10(2)7-20(21)11(3)6-12-14(19(12,4)5)13(15(9)22)16(20)23;1-10-6-13-15-14(19(15,4)5)7-12(3)20(16(13)22)9-11(2)17-21(20,8-10)25-18(23)24-17/h7,9,11-15,17,22H,6,8H2,1-5H3;6,9,12-15,17H,7-8H2,1-5H3/t9-,11-,12-,13-,14-,15-,17+,20+,21+;12-,13+,14-,15+,17+,20+,21+/m11/s1. The summed E-state index contributed by atoms with van der Waals surface area (Å²) < 4.78 is 22.9. The number of fused-ring (bicyclic) bond motifs is 6. The lowest BCUT2D eigenvalue weighted by atomic mass is 9.59. The highest BCUT2D eigenvalue weighted by molar-refractivity contribution is 5.96. The summed E-state index contributed by atoms with van der Waals surface area (Å²) in [7, 11) is 0. The van der Waals surface area contributed by atoms with Crippen LogP contribution in [-0.4, -0.2) is 58.5 Å². The number of carbonyl (C=O) groups excluding carboxylic acids is 4. The third-order valence-corrected chi connectivity index (χ3v) is 16.8. The lowest BCUT2D eigenvalue weighted by molar-refractivity contribution is -0.149. The Morgan fingerprint density at radius 2 is 1.20 bits per heavy atom. The molecule has 16 atom stereocenters. The summed E-state index contributed by atoms with van der Waals surface area (Å²) in [5, 5.41) is 11.2. The second kappa shape index (κ2) is 9.78. The predicted molar refractivity (Wildman–Crippen MR) is 185 cm³/mol. The summed E-state index contributed by atoms with van der Waals surface area (Å²) in [6, 6.07) is 0. The predicted octanol–water partition coefficient (Wildman–Crippen LogP) is 7.16. The first-order valence-corrected chi connectivity index (χ1v) is 19.3. The van der Waals surface area contributed by atoms with Crippen molar-refractivity contribution in [2.75, 3.05) is 0 Å². The van der Waals surface area contributed by atoms with E-state index < -0.39 is 58.6 Å². The number of ketones is 2. The molecule has 1 N–H and O–H groups in total. The Morgan fingerprint density at radius 1 is 0.706 bits per heavy atom. The van der Waals surface area contributed by atoms with Gasteiger partial charge >= 0.3 is 12.3 Å². The fraction of sp³-hybridized carbons (Fsp3) is 0.762. The van der Waals surface area contributed by atoms with Crippen molar-refractivity contribution in [1.82, 2.24) is 0 Å².